The Morgan fingerprint density at radius 1 is 1.29 bits per heavy atom. The number of nitrogens with zero attached hydrogens (tertiary/aromatic N) is 2. The van der Waals surface area contributed by atoms with E-state index in [1.165, 1.54) is 0 Å². The molecule has 3 rings (SSSR count). The second-order valence-corrected chi connectivity index (χ2v) is 6.31. The highest BCUT2D eigenvalue weighted by atomic mass is 19.4. The minimum atomic E-state index is -4.29. The Balaban J connectivity index is 1.52. The van der Waals surface area contributed by atoms with Crippen molar-refractivity contribution in [2.45, 2.75) is 31.5 Å². The SMILES string of the molecule is CC(CN1CC(c2cc(CO)on2)C1)c1ccc(C(F)(F)F)cc1. The van der Waals surface area contributed by atoms with Gasteiger partial charge in [-0.25, -0.2) is 0 Å². The second kappa shape index (κ2) is 6.57. The molecule has 1 aromatic carbocycles. The first-order chi connectivity index (χ1) is 11.4. The van der Waals surface area contributed by atoms with Gasteiger partial charge in [-0.3, -0.25) is 0 Å². The molecular weight excluding hydrogens is 321 g/mol. The van der Waals surface area contributed by atoms with Gasteiger partial charge in [0.2, 0.25) is 0 Å². The number of alkyl halides is 3. The van der Waals surface area contributed by atoms with Crippen molar-refractivity contribution in [3.63, 3.8) is 0 Å². The molecule has 1 aromatic heterocycles. The molecule has 0 bridgehead atoms. The highest BCUT2D eigenvalue weighted by molar-refractivity contribution is 5.27. The Hall–Kier alpha value is -1.86. The largest absolute Gasteiger partial charge is 0.416 e. The van der Waals surface area contributed by atoms with E-state index >= 15 is 0 Å². The van der Waals surface area contributed by atoms with Crippen molar-refractivity contribution in [2.24, 2.45) is 0 Å². The Morgan fingerprint density at radius 3 is 2.50 bits per heavy atom. The van der Waals surface area contributed by atoms with Crippen molar-refractivity contribution in [3.05, 3.63) is 52.9 Å². The number of benzene rings is 1. The predicted molar refractivity (Wildman–Crippen MR) is 81.5 cm³/mol. The fourth-order valence-corrected chi connectivity index (χ4v) is 3.00. The van der Waals surface area contributed by atoms with Crippen LogP contribution >= 0.6 is 0 Å². The quantitative estimate of drug-likeness (QED) is 0.906. The maximum Gasteiger partial charge on any atom is 0.416 e. The highest BCUT2D eigenvalue weighted by Gasteiger charge is 2.32. The number of halogens is 3. The van der Waals surface area contributed by atoms with Crippen molar-refractivity contribution in [3.8, 4) is 0 Å². The standard InChI is InChI=1S/C17H19F3N2O2/c1-11(12-2-4-14(5-3-12)17(18,19)20)7-22-8-13(9-22)16-6-15(10-23)24-21-16/h2-6,11,13,23H,7-10H2,1H3. The lowest BCUT2D eigenvalue weighted by Gasteiger charge is -2.39. The van der Waals surface area contributed by atoms with Crippen LogP contribution in [0.1, 0.15) is 41.3 Å². The van der Waals surface area contributed by atoms with Crippen LogP contribution in [0.15, 0.2) is 34.9 Å². The number of aromatic nitrogens is 1. The average molecular weight is 340 g/mol. The van der Waals surface area contributed by atoms with Gasteiger partial charge in [0.1, 0.15) is 6.61 Å². The molecule has 130 valence electrons. The smallest absolute Gasteiger partial charge is 0.388 e. The van der Waals surface area contributed by atoms with Gasteiger partial charge in [-0.05, 0) is 23.6 Å². The van der Waals surface area contributed by atoms with Crippen LogP contribution in [0.3, 0.4) is 0 Å². The summed E-state index contributed by atoms with van der Waals surface area (Å²) < 4.78 is 42.8. The van der Waals surface area contributed by atoms with Crippen molar-refractivity contribution in [2.75, 3.05) is 19.6 Å². The van der Waals surface area contributed by atoms with Crippen molar-refractivity contribution in [1.82, 2.24) is 10.1 Å². The van der Waals surface area contributed by atoms with Gasteiger partial charge in [0, 0.05) is 31.6 Å². The summed E-state index contributed by atoms with van der Waals surface area (Å²) in [5, 5.41) is 12.9. The van der Waals surface area contributed by atoms with E-state index in [2.05, 4.69) is 10.1 Å². The molecule has 1 unspecified atom stereocenters. The summed E-state index contributed by atoms with van der Waals surface area (Å²) in [4.78, 5) is 2.24. The number of aliphatic hydroxyl groups excluding tert-OH is 1. The first kappa shape index (κ1) is 17.0. The van der Waals surface area contributed by atoms with Crippen LogP contribution in [0.25, 0.3) is 0 Å². The Morgan fingerprint density at radius 2 is 1.96 bits per heavy atom. The zero-order valence-corrected chi connectivity index (χ0v) is 13.3. The molecular formula is C17H19F3N2O2. The molecule has 1 N–H and O–H groups in total. The normalized spacial score (nSPS) is 17.7. The van der Waals surface area contributed by atoms with Gasteiger partial charge in [-0.1, -0.05) is 24.2 Å². The lowest BCUT2D eigenvalue weighted by molar-refractivity contribution is -0.137. The van der Waals surface area contributed by atoms with Gasteiger partial charge in [0.25, 0.3) is 0 Å². The molecule has 0 saturated carbocycles. The molecule has 1 aliphatic heterocycles. The molecule has 1 atom stereocenters. The molecule has 0 spiro atoms. The molecule has 2 aromatic rings. The Bertz CT molecular complexity index is 676. The fourth-order valence-electron chi connectivity index (χ4n) is 3.00. The van der Waals surface area contributed by atoms with E-state index in [4.69, 9.17) is 9.63 Å². The van der Waals surface area contributed by atoms with E-state index in [-0.39, 0.29) is 18.4 Å². The molecule has 0 amide bonds. The zero-order valence-electron chi connectivity index (χ0n) is 13.3. The van der Waals surface area contributed by atoms with Crippen molar-refractivity contribution >= 4 is 0 Å². The summed E-state index contributed by atoms with van der Waals surface area (Å²) in [6.07, 6.45) is -4.29. The number of likely N-dealkylation sites (tertiary alicyclic amines) is 1. The van der Waals surface area contributed by atoms with Gasteiger partial charge >= 0.3 is 6.18 Å². The predicted octanol–water partition coefficient (Wildman–Crippen LogP) is 3.39. The average Bonchev–Trinajstić information content (AvgIpc) is 2.98. The second-order valence-electron chi connectivity index (χ2n) is 6.31. The molecule has 24 heavy (non-hydrogen) atoms. The van der Waals surface area contributed by atoms with Gasteiger partial charge in [0.15, 0.2) is 5.76 Å². The van der Waals surface area contributed by atoms with E-state index in [1.54, 1.807) is 18.2 Å². The number of hydrogen-bond donors (Lipinski definition) is 1. The molecule has 4 nitrogen and oxygen atoms in total. The molecule has 1 saturated heterocycles. The summed E-state index contributed by atoms with van der Waals surface area (Å²) in [7, 11) is 0. The van der Waals surface area contributed by atoms with Crippen molar-refractivity contribution in [1.29, 1.82) is 0 Å². The Labute approximate surface area is 137 Å². The summed E-state index contributed by atoms with van der Waals surface area (Å²) in [6, 6.07) is 7.14. The first-order valence-electron chi connectivity index (χ1n) is 7.82. The van der Waals surface area contributed by atoms with E-state index < -0.39 is 11.7 Å². The van der Waals surface area contributed by atoms with Gasteiger partial charge in [0.05, 0.1) is 11.3 Å². The summed E-state index contributed by atoms with van der Waals surface area (Å²) >= 11 is 0. The maximum atomic E-state index is 12.6. The lowest BCUT2D eigenvalue weighted by Crippen LogP contribution is -2.46. The van der Waals surface area contributed by atoms with Crippen molar-refractivity contribution < 1.29 is 22.8 Å². The third kappa shape index (κ3) is 3.62. The van der Waals surface area contributed by atoms with E-state index in [1.807, 2.05) is 6.92 Å². The number of rotatable bonds is 5. The molecule has 0 radical (unpaired) electrons. The zero-order chi connectivity index (χ0) is 17.3. The van der Waals surface area contributed by atoms with E-state index in [0.717, 1.165) is 43.0 Å². The van der Waals surface area contributed by atoms with E-state index in [0.29, 0.717) is 5.76 Å². The van der Waals surface area contributed by atoms with Crippen LogP contribution in [0, 0.1) is 0 Å². The van der Waals surface area contributed by atoms with Crippen LogP contribution in [0.5, 0.6) is 0 Å². The maximum absolute atomic E-state index is 12.6. The molecule has 0 aliphatic carbocycles. The summed E-state index contributed by atoms with van der Waals surface area (Å²) in [5.74, 6) is 0.897. The van der Waals surface area contributed by atoms with E-state index in [9.17, 15) is 13.2 Å². The monoisotopic (exact) mass is 340 g/mol. The molecule has 7 heteroatoms. The summed E-state index contributed by atoms with van der Waals surface area (Å²) in [6.45, 7) is 4.31. The van der Waals surface area contributed by atoms with Crippen LogP contribution in [0.4, 0.5) is 13.2 Å². The van der Waals surface area contributed by atoms with Crippen LogP contribution in [-0.2, 0) is 12.8 Å². The van der Waals surface area contributed by atoms with Gasteiger partial charge < -0.3 is 14.5 Å². The molecule has 1 fully saturated rings. The fraction of sp³-hybridized carbons (Fsp3) is 0.471. The van der Waals surface area contributed by atoms with Gasteiger partial charge in [-0.2, -0.15) is 13.2 Å². The minimum Gasteiger partial charge on any atom is -0.388 e. The third-order valence-electron chi connectivity index (χ3n) is 4.45. The van der Waals surface area contributed by atoms with Crippen LogP contribution in [-0.4, -0.2) is 34.8 Å². The Kier molecular flexibility index (Phi) is 4.64. The highest BCUT2D eigenvalue weighted by Crippen LogP contribution is 2.32. The topological polar surface area (TPSA) is 49.5 Å². The minimum absolute atomic E-state index is 0.151. The molecule has 1 aliphatic rings. The number of aliphatic hydroxyl groups is 1. The third-order valence-corrected chi connectivity index (χ3v) is 4.45. The number of hydrogen-bond acceptors (Lipinski definition) is 4. The van der Waals surface area contributed by atoms with Crippen LogP contribution < -0.4 is 0 Å². The first-order valence-corrected chi connectivity index (χ1v) is 7.82. The lowest BCUT2D eigenvalue weighted by atomic mass is 9.92. The summed E-state index contributed by atoms with van der Waals surface area (Å²) in [5.41, 5.74) is 1.13. The van der Waals surface area contributed by atoms with Crippen LogP contribution in [0.2, 0.25) is 0 Å². The molecule has 2 heterocycles. The van der Waals surface area contributed by atoms with Gasteiger partial charge in [-0.15, -0.1) is 0 Å².